The number of nitrogens with zero attached hydrogens (tertiary/aromatic N) is 4. The molecule has 144 valence electrons. The average molecular weight is 402 g/mol. The van der Waals surface area contributed by atoms with Gasteiger partial charge in [-0.1, -0.05) is 17.7 Å². The van der Waals surface area contributed by atoms with Gasteiger partial charge in [0.2, 0.25) is 0 Å². The van der Waals surface area contributed by atoms with E-state index in [0.29, 0.717) is 0 Å². The van der Waals surface area contributed by atoms with Gasteiger partial charge in [0.25, 0.3) is 10.0 Å². The molecular weight excluding hydrogens is 388 g/mol. The van der Waals surface area contributed by atoms with Crippen LogP contribution in [0.25, 0.3) is 11.2 Å². The highest BCUT2D eigenvalue weighted by atomic mass is 32.2. The van der Waals surface area contributed by atoms with Crippen LogP contribution in [0.15, 0.2) is 40.3 Å². The molecule has 1 amide bonds. The Morgan fingerprint density at radius 3 is 2.75 bits per heavy atom. The second-order valence-electron chi connectivity index (χ2n) is 5.69. The molecule has 0 aliphatic rings. The summed E-state index contributed by atoms with van der Waals surface area (Å²) < 4.78 is 32.3. The third kappa shape index (κ3) is 3.99. The molecular formula is C16H14N6O5S. The van der Waals surface area contributed by atoms with Gasteiger partial charge < -0.3 is 9.30 Å². The van der Waals surface area contributed by atoms with E-state index in [2.05, 4.69) is 15.0 Å². The molecule has 0 atom stereocenters. The summed E-state index contributed by atoms with van der Waals surface area (Å²) in [5, 5.41) is 9.00. The van der Waals surface area contributed by atoms with Crippen LogP contribution in [0.4, 0.5) is 4.79 Å². The van der Waals surface area contributed by atoms with Crippen molar-refractivity contribution in [1.82, 2.24) is 24.2 Å². The van der Waals surface area contributed by atoms with Crippen molar-refractivity contribution >= 4 is 27.3 Å². The maximum absolute atomic E-state index is 12.1. The lowest BCUT2D eigenvalue weighted by Gasteiger charge is -2.09. The number of H-pyrrole nitrogens is 1. The molecule has 28 heavy (non-hydrogen) atoms. The van der Waals surface area contributed by atoms with Gasteiger partial charge in [0, 0.05) is 0 Å². The summed E-state index contributed by atoms with van der Waals surface area (Å²) >= 11 is 0. The van der Waals surface area contributed by atoms with Crippen molar-refractivity contribution in [2.75, 3.05) is 6.61 Å². The van der Waals surface area contributed by atoms with E-state index in [1.165, 1.54) is 23.0 Å². The number of benzene rings is 1. The first-order valence-corrected chi connectivity index (χ1v) is 9.40. The van der Waals surface area contributed by atoms with Crippen LogP contribution in [0.5, 0.6) is 0 Å². The van der Waals surface area contributed by atoms with Crippen LogP contribution >= 0.6 is 0 Å². The van der Waals surface area contributed by atoms with E-state index in [4.69, 9.17) is 10.00 Å². The van der Waals surface area contributed by atoms with Crippen LogP contribution in [0.2, 0.25) is 0 Å². The molecule has 0 unspecified atom stereocenters. The first-order chi connectivity index (χ1) is 13.3. The average Bonchev–Trinajstić information content (AvgIpc) is 3.04. The van der Waals surface area contributed by atoms with Gasteiger partial charge in [0.05, 0.1) is 17.8 Å². The molecule has 11 nitrogen and oxygen atoms in total. The molecule has 2 heterocycles. The SMILES string of the molecule is Cc1ccc(S(=O)(=O)NC(=O)OCCn2cnc3c(C#N)[nH]c(=O)nc32)cc1. The summed E-state index contributed by atoms with van der Waals surface area (Å²) in [6.07, 6.45) is 0.185. The molecule has 0 radical (unpaired) electrons. The molecule has 3 rings (SSSR count). The predicted molar refractivity (Wildman–Crippen MR) is 95.7 cm³/mol. The Morgan fingerprint density at radius 1 is 1.36 bits per heavy atom. The third-order valence-corrected chi connectivity index (χ3v) is 5.04. The van der Waals surface area contributed by atoms with Gasteiger partial charge in [0.15, 0.2) is 11.3 Å². The van der Waals surface area contributed by atoms with Gasteiger partial charge in [-0.3, -0.25) is 4.98 Å². The minimum atomic E-state index is -4.05. The van der Waals surface area contributed by atoms with Crippen LogP contribution in [0.1, 0.15) is 11.3 Å². The van der Waals surface area contributed by atoms with E-state index < -0.39 is 21.8 Å². The number of carbonyl (C=O) groups excluding carboxylic acids is 1. The van der Waals surface area contributed by atoms with Crippen molar-refractivity contribution in [3.8, 4) is 6.07 Å². The number of aryl methyl sites for hydroxylation is 1. The van der Waals surface area contributed by atoms with Crippen molar-refractivity contribution < 1.29 is 17.9 Å². The van der Waals surface area contributed by atoms with E-state index in [1.54, 1.807) is 19.1 Å². The lowest BCUT2D eigenvalue weighted by Crippen LogP contribution is -2.31. The lowest BCUT2D eigenvalue weighted by molar-refractivity contribution is 0.148. The number of hydrogen-bond acceptors (Lipinski definition) is 8. The number of hydrogen-bond donors (Lipinski definition) is 2. The van der Waals surface area contributed by atoms with Crippen molar-refractivity contribution in [2.24, 2.45) is 0 Å². The van der Waals surface area contributed by atoms with Gasteiger partial charge >= 0.3 is 11.8 Å². The molecule has 0 aliphatic heterocycles. The quantitative estimate of drug-likeness (QED) is 0.621. The molecule has 0 bridgehead atoms. The fourth-order valence-electron chi connectivity index (χ4n) is 2.36. The zero-order valence-electron chi connectivity index (χ0n) is 14.5. The first kappa shape index (κ1) is 19.1. The molecule has 1 aromatic carbocycles. The Bertz CT molecular complexity index is 1240. The van der Waals surface area contributed by atoms with Crippen LogP contribution in [-0.2, 0) is 21.3 Å². The number of rotatable bonds is 5. The number of fused-ring (bicyclic) bond motifs is 1. The number of carbonyl (C=O) groups is 1. The van der Waals surface area contributed by atoms with Crippen LogP contribution in [0, 0.1) is 18.3 Å². The number of aromatic nitrogens is 4. The van der Waals surface area contributed by atoms with E-state index >= 15 is 0 Å². The Balaban J connectivity index is 1.64. The van der Waals surface area contributed by atoms with Gasteiger partial charge in [-0.25, -0.2) is 27.7 Å². The minimum Gasteiger partial charge on any atom is -0.447 e. The highest BCUT2D eigenvalue weighted by Crippen LogP contribution is 2.11. The van der Waals surface area contributed by atoms with E-state index in [-0.39, 0.29) is 34.9 Å². The number of sulfonamides is 1. The first-order valence-electron chi connectivity index (χ1n) is 7.91. The molecule has 0 fully saturated rings. The number of nitrogens with one attached hydrogen (secondary N) is 2. The number of nitriles is 1. The molecule has 2 N–H and O–H groups in total. The second-order valence-corrected chi connectivity index (χ2v) is 7.38. The van der Waals surface area contributed by atoms with Crippen LogP contribution < -0.4 is 10.4 Å². The Labute approximate surface area is 158 Å². The number of ether oxygens (including phenoxy) is 1. The lowest BCUT2D eigenvalue weighted by atomic mass is 10.2. The minimum absolute atomic E-state index is 0.0309. The highest BCUT2D eigenvalue weighted by Gasteiger charge is 2.18. The van der Waals surface area contributed by atoms with Crippen molar-refractivity contribution in [1.29, 1.82) is 5.26 Å². The fourth-order valence-corrected chi connectivity index (χ4v) is 3.25. The summed E-state index contributed by atoms with van der Waals surface area (Å²) in [5.74, 6) is 0. The second kappa shape index (κ2) is 7.49. The summed E-state index contributed by atoms with van der Waals surface area (Å²) in [5.41, 5.74) is 0.483. The van der Waals surface area contributed by atoms with E-state index in [0.717, 1.165) is 5.56 Å². The summed E-state index contributed by atoms with van der Waals surface area (Å²) in [6.45, 7) is 1.65. The van der Waals surface area contributed by atoms with Gasteiger partial charge in [0.1, 0.15) is 18.2 Å². The summed E-state index contributed by atoms with van der Waals surface area (Å²) in [7, 11) is -4.05. The van der Waals surface area contributed by atoms with Crippen molar-refractivity contribution in [3.05, 3.63) is 52.3 Å². The molecule has 12 heteroatoms. The zero-order valence-corrected chi connectivity index (χ0v) is 15.4. The van der Waals surface area contributed by atoms with Gasteiger partial charge in [-0.15, -0.1) is 0 Å². The normalized spacial score (nSPS) is 11.1. The fraction of sp³-hybridized carbons (Fsp3) is 0.188. The molecule has 0 spiro atoms. The predicted octanol–water partition coefficient (Wildman–Crippen LogP) is 0.415. The van der Waals surface area contributed by atoms with Gasteiger partial charge in [-0.2, -0.15) is 10.2 Å². The number of imidazole rings is 1. The Hall–Kier alpha value is -3.72. The number of aromatic amines is 1. The largest absolute Gasteiger partial charge is 0.447 e. The molecule has 0 saturated heterocycles. The van der Waals surface area contributed by atoms with E-state index in [9.17, 15) is 18.0 Å². The number of amides is 1. The van der Waals surface area contributed by atoms with Crippen LogP contribution in [0.3, 0.4) is 0 Å². The maximum atomic E-state index is 12.1. The standard InChI is InChI=1S/C16H14N6O5S/c1-10-2-4-11(5-3-10)28(25,26)21-16(24)27-7-6-22-9-18-13-12(8-17)19-15(23)20-14(13)22/h2-5,9H,6-7H2,1H3,(H,21,24)(H,19,20,23). The molecule has 0 saturated carbocycles. The smallest absolute Gasteiger partial charge is 0.421 e. The molecule has 0 aliphatic carbocycles. The van der Waals surface area contributed by atoms with Crippen molar-refractivity contribution in [3.63, 3.8) is 0 Å². The summed E-state index contributed by atoms with van der Waals surface area (Å²) in [4.78, 5) is 33.2. The molecule has 3 aromatic rings. The Kier molecular flexibility index (Phi) is 5.10. The van der Waals surface area contributed by atoms with Crippen LogP contribution in [-0.4, -0.2) is 40.6 Å². The Morgan fingerprint density at radius 2 is 2.07 bits per heavy atom. The van der Waals surface area contributed by atoms with Gasteiger partial charge in [-0.05, 0) is 19.1 Å². The van der Waals surface area contributed by atoms with E-state index in [1.807, 2.05) is 10.8 Å². The zero-order chi connectivity index (χ0) is 20.3. The molecule has 2 aromatic heterocycles. The summed E-state index contributed by atoms with van der Waals surface area (Å²) in [6, 6.07) is 7.77. The maximum Gasteiger partial charge on any atom is 0.421 e. The third-order valence-electron chi connectivity index (χ3n) is 3.71. The highest BCUT2D eigenvalue weighted by molar-refractivity contribution is 7.90. The topological polar surface area (TPSA) is 160 Å². The monoisotopic (exact) mass is 402 g/mol. The van der Waals surface area contributed by atoms with Crippen molar-refractivity contribution in [2.45, 2.75) is 18.4 Å².